The maximum atomic E-state index is 11.9. The zero-order valence-corrected chi connectivity index (χ0v) is 10.9. The number of anilines is 1. The average Bonchev–Trinajstić information content (AvgIpc) is 2.38. The van der Waals surface area contributed by atoms with Gasteiger partial charge in [0.05, 0.1) is 18.4 Å². The van der Waals surface area contributed by atoms with E-state index < -0.39 is 0 Å². The fourth-order valence-electron chi connectivity index (χ4n) is 1.54. The highest BCUT2D eigenvalue weighted by molar-refractivity contribution is 6.00. The van der Waals surface area contributed by atoms with E-state index in [1.165, 1.54) is 7.11 Å². The summed E-state index contributed by atoms with van der Waals surface area (Å²) in [5.41, 5.74) is 6.64. The molecule has 0 saturated carbocycles. The molecule has 0 aromatic heterocycles. The minimum absolute atomic E-state index is 0.192. The Hall–Kier alpha value is -1.75. The minimum atomic E-state index is -0.192. The summed E-state index contributed by atoms with van der Waals surface area (Å²) in [6, 6.07) is 5.14. The first kappa shape index (κ1) is 14.3. The lowest BCUT2D eigenvalue weighted by atomic mass is 10.1. The summed E-state index contributed by atoms with van der Waals surface area (Å²) in [5.74, 6) is 0.319. The van der Waals surface area contributed by atoms with Gasteiger partial charge in [0.1, 0.15) is 5.75 Å². The van der Waals surface area contributed by atoms with Crippen molar-refractivity contribution in [3.63, 3.8) is 0 Å². The van der Waals surface area contributed by atoms with Crippen molar-refractivity contribution in [2.75, 3.05) is 32.6 Å². The fourth-order valence-corrected chi connectivity index (χ4v) is 1.54. The van der Waals surface area contributed by atoms with Crippen molar-refractivity contribution in [2.24, 2.45) is 0 Å². The minimum Gasteiger partial charge on any atom is -0.495 e. The Kier molecular flexibility index (Phi) is 6.00. The molecule has 0 fully saturated rings. The van der Waals surface area contributed by atoms with Gasteiger partial charge < -0.3 is 20.5 Å². The van der Waals surface area contributed by atoms with Crippen LogP contribution in [0.5, 0.6) is 5.75 Å². The lowest BCUT2D eigenvalue weighted by molar-refractivity contribution is 0.0945. The summed E-state index contributed by atoms with van der Waals surface area (Å²) < 4.78 is 10.3. The van der Waals surface area contributed by atoms with E-state index >= 15 is 0 Å². The Labute approximate surface area is 107 Å². The van der Waals surface area contributed by atoms with Gasteiger partial charge in [-0.25, -0.2) is 0 Å². The first-order valence-corrected chi connectivity index (χ1v) is 5.99. The molecule has 1 aromatic carbocycles. The first-order valence-electron chi connectivity index (χ1n) is 5.99. The number of hydrogen-bond donors (Lipinski definition) is 2. The van der Waals surface area contributed by atoms with Crippen LogP contribution in [0, 0.1) is 0 Å². The summed E-state index contributed by atoms with van der Waals surface area (Å²) in [6.07, 6.45) is 0.781. The molecule has 3 N–H and O–H groups in total. The van der Waals surface area contributed by atoms with Crippen LogP contribution in [-0.4, -0.2) is 32.8 Å². The Morgan fingerprint density at radius 3 is 2.89 bits per heavy atom. The van der Waals surface area contributed by atoms with Crippen molar-refractivity contribution < 1.29 is 14.3 Å². The van der Waals surface area contributed by atoms with Gasteiger partial charge in [-0.3, -0.25) is 4.79 Å². The predicted molar refractivity (Wildman–Crippen MR) is 70.8 cm³/mol. The van der Waals surface area contributed by atoms with E-state index in [-0.39, 0.29) is 5.91 Å². The van der Waals surface area contributed by atoms with Crippen LogP contribution in [0.15, 0.2) is 18.2 Å². The molecule has 1 rings (SSSR count). The summed E-state index contributed by atoms with van der Waals surface area (Å²) >= 11 is 0. The third kappa shape index (κ3) is 3.92. The van der Waals surface area contributed by atoms with Gasteiger partial charge in [-0.15, -0.1) is 0 Å². The Balaban J connectivity index is 2.51. The van der Waals surface area contributed by atoms with Crippen LogP contribution in [-0.2, 0) is 4.74 Å². The summed E-state index contributed by atoms with van der Waals surface area (Å²) in [4.78, 5) is 11.9. The highest BCUT2D eigenvalue weighted by atomic mass is 16.5. The zero-order chi connectivity index (χ0) is 13.4. The monoisotopic (exact) mass is 252 g/mol. The summed E-state index contributed by atoms with van der Waals surface area (Å²) in [7, 11) is 1.52. The Morgan fingerprint density at radius 2 is 2.22 bits per heavy atom. The molecule has 0 radical (unpaired) electrons. The second-order valence-corrected chi connectivity index (χ2v) is 3.73. The fraction of sp³-hybridized carbons (Fsp3) is 0.462. The Morgan fingerprint density at radius 1 is 1.44 bits per heavy atom. The lowest BCUT2D eigenvalue weighted by Crippen LogP contribution is -2.26. The number of rotatable bonds is 7. The van der Waals surface area contributed by atoms with Crippen molar-refractivity contribution >= 4 is 11.6 Å². The number of nitrogen functional groups attached to an aromatic ring is 1. The Bertz CT molecular complexity index is 394. The number of carbonyl (C=O) groups is 1. The van der Waals surface area contributed by atoms with Crippen molar-refractivity contribution in [3.8, 4) is 5.75 Å². The summed E-state index contributed by atoms with van der Waals surface area (Å²) in [6.45, 7) is 3.84. The smallest absolute Gasteiger partial charge is 0.253 e. The second kappa shape index (κ2) is 7.55. The van der Waals surface area contributed by atoms with Crippen molar-refractivity contribution in [1.82, 2.24) is 5.32 Å². The van der Waals surface area contributed by atoms with E-state index in [1.54, 1.807) is 18.2 Å². The SMILES string of the molecule is CCOCCCNC(=O)c1cccc(OC)c1N. The van der Waals surface area contributed by atoms with Gasteiger partial charge in [-0.05, 0) is 25.5 Å². The molecule has 1 aromatic rings. The number of amides is 1. The van der Waals surface area contributed by atoms with Gasteiger partial charge in [0.15, 0.2) is 0 Å². The van der Waals surface area contributed by atoms with Crippen LogP contribution in [0.1, 0.15) is 23.7 Å². The highest BCUT2D eigenvalue weighted by Crippen LogP contribution is 2.24. The van der Waals surface area contributed by atoms with E-state index in [1.807, 2.05) is 6.92 Å². The highest BCUT2D eigenvalue weighted by Gasteiger charge is 2.12. The van der Waals surface area contributed by atoms with Crippen LogP contribution in [0.3, 0.4) is 0 Å². The number of nitrogens with two attached hydrogens (primary N) is 1. The number of para-hydroxylation sites is 1. The van der Waals surface area contributed by atoms with Crippen molar-refractivity contribution in [2.45, 2.75) is 13.3 Å². The second-order valence-electron chi connectivity index (χ2n) is 3.73. The van der Waals surface area contributed by atoms with E-state index in [0.717, 1.165) is 6.42 Å². The van der Waals surface area contributed by atoms with E-state index in [9.17, 15) is 4.79 Å². The van der Waals surface area contributed by atoms with Crippen LogP contribution < -0.4 is 15.8 Å². The molecule has 1 amide bonds. The molecule has 5 nitrogen and oxygen atoms in total. The largest absolute Gasteiger partial charge is 0.495 e. The van der Waals surface area contributed by atoms with E-state index in [0.29, 0.717) is 36.8 Å². The topological polar surface area (TPSA) is 73.6 Å². The molecule has 0 unspecified atom stereocenters. The third-order valence-corrected chi connectivity index (χ3v) is 2.49. The van der Waals surface area contributed by atoms with Crippen LogP contribution in [0.4, 0.5) is 5.69 Å². The van der Waals surface area contributed by atoms with Gasteiger partial charge in [-0.1, -0.05) is 6.07 Å². The zero-order valence-electron chi connectivity index (χ0n) is 10.9. The number of methoxy groups -OCH3 is 1. The quantitative estimate of drug-likeness (QED) is 0.569. The molecule has 0 saturated heterocycles. The third-order valence-electron chi connectivity index (χ3n) is 2.49. The van der Waals surface area contributed by atoms with Crippen LogP contribution >= 0.6 is 0 Å². The van der Waals surface area contributed by atoms with E-state index in [4.69, 9.17) is 15.2 Å². The molecule has 0 bridgehead atoms. The number of hydrogen-bond acceptors (Lipinski definition) is 4. The molecule has 0 spiro atoms. The molecule has 0 aliphatic heterocycles. The molecule has 100 valence electrons. The average molecular weight is 252 g/mol. The van der Waals surface area contributed by atoms with Crippen molar-refractivity contribution in [1.29, 1.82) is 0 Å². The molecule has 0 atom stereocenters. The number of carbonyl (C=O) groups excluding carboxylic acids is 1. The number of benzene rings is 1. The number of nitrogens with one attached hydrogen (secondary N) is 1. The standard InChI is InChI=1S/C13H20N2O3/c1-3-18-9-5-8-15-13(16)10-6-4-7-11(17-2)12(10)14/h4,6-7H,3,5,8-9,14H2,1-2H3,(H,15,16). The molecule has 5 heteroatoms. The maximum absolute atomic E-state index is 11.9. The van der Waals surface area contributed by atoms with Crippen LogP contribution in [0.25, 0.3) is 0 Å². The lowest BCUT2D eigenvalue weighted by Gasteiger charge is -2.10. The molecule has 18 heavy (non-hydrogen) atoms. The van der Waals surface area contributed by atoms with E-state index in [2.05, 4.69) is 5.32 Å². The first-order chi connectivity index (χ1) is 8.70. The van der Waals surface area contributed by atoms with Gasteiger partial charge in [-0.2, -0.15) is 0 Å². The molecule has 0 heterocycles. The molecule has 0 aliphatic rings. The molecular formula is C13H20N2O3. The maximum Gasteiger partial charge on any atom is 0.253 e. The number of ether oxygens (including phenoxy) is 2. The summed E-state index contributed by atoms with van der Waals surface area (Å²) in [5, 5.41) is 2.80. The van der Waals surface area contributed by atoms with Crippen molar-refractivity contribution in [3.05, 3.63) is 23.8 Å². The van der Waals surface area contributed by atoms with Gasteiger partial charge in [0.25, 0.3) is 5.91 Å². The molecule has 0 aliphatic carbocycles. The van der Waals surface area contributed by atoms with Gasteiger partial charge in [0, 0.05) is 19.8 Å². The van der Waals surface area contributed by atoms with Gasteiger partial charge in [0.2, 0.25) is 0 Å². The van der Waals surface area contributed by atoms with Gasteiger partial charge >= 0.3 is 0 Å². The van der Waals surface area contributed by atoms with Crippen LogP contribution in [0.2, 0.25) is 0 Å². The molecular weight excluding hydrogens is 232 g/mol. The normalized spacial score (nSPS) is 10.1. The predicted octanol–water partition coefficient (Wildman–Crippen LogP) is 1.43.